The quantitative estimate of drug-likeness (QED) is 0.693. The van der Waals surface area contributed by atoms with Gasteiger partial charge in [0, 0.05) is 18.4 Å². The van der Waals surface area contributed by atoms with E-state index in [1.54, 1.807) is 13.2 Å². The minimum Gasteiger partial charge on any atom is -0.408 e. The summed E-state index contributed by atoms with van der Waals surface area (Å²) in [7, 11) is 1.68. The molecule has 3 aromatic rings. The summed E-state index contributed by atoms with van der Waals surface area (Å²) in [4.78, 5) is 18.7. The van der Waals surface area contributed by atoms with Crippen LogP contribution >= 0.6 is 12.6 Å². The minimum absolute atomic E-state index is 0.359. The van der Waals surface area contributed by atoms with Gasteiger partial charge in [0.2, 0.25) is 0 Å². The third kappa shape index (κ3) is 1.65. The van der Waals surface area contributed by atoms with Gasteiger partial charge in [-0.3, -0.25) is 4.57 Å². The average Bonchev–Trinajstić information content (AvgIpc) is 2.95. The fourth-order valence-corrected chi connectivity index (χ4v) is 2.05. The number of nitrogens with one attached hydrogen (secondary N) is 1. The Morgan fingerprint density at radius 1 is 1.50 bits per heavy atom. The highest BCUT2D eigenvalue weighted by atomic mass is 32.1. The molecule has 92 valence electrons. The lowest BCUT2D eigenvalue weighted by molar-refractivity contribution is 0.528. The van der Waals surface area contributed by atoms with Crippen LogP contribution < -0.4 is 5.76 Å². The van der Waals surface area contributed by atoms with Gasteiger partial charge in [-0.15, -0.1) is 0 Å². The summed E-state index contributed by atoms with van der Waals surface area (Å²) in [6.07, 6.45) is 1.74. The summed E-state index contributed by atoms with van der Waals surface area (Å²) in [5, 5.41) is 0. The number of H-pyrrole nitrogens is 1. The lowest BCUT2D eigenvalue weighted by atomic mass is 10.1. The molecule has 0 aliphatic heterocycles. The zero-order valence-electron chi connectivity index (χ0n) is 9.67. The molecule has 0 bridgehead atoms. The molecule has 0 aliphatic carbocycles. The summed E-state index contributed by atoms with van der Waals surface area (Å²) < 4.78 is 6.63. The first kappa shape index (κ1) is 11.2. The van der Waals surface area contributed by atoms with Crippen LogP contribution in [0.2, 0.25) is 0 Å². The lowest BCUT2D eigenvalue weighted by Gasteiger charge is -1.97. The molecule has 0 unspecified atom stereocenters. The van der Waals surface area contributed by atoms with E-state index in [9.17, 15) is 4.79 Å². The summed E-state index contributed by atoms with van der Waals surface area (Å²) in [6, 6.07) is 5.61. The Kier molecular flexibility index (Phi) is 2.52. The van der Waals surface area contributed by atoms with Gasteiger partial charge in [0.25, 0.3) is 0 Å². The second kappa shape index (κ2) is 4.06. The van der Waals surface area contributed by atoms with Crippen LogP contribution in [0.25, 0.3) is 22.4 Å². The molecule has 0 fully saturated rings. The molecule has 2 heterocycles. The van der Waals surface area contributed by atoms with E-state index in [1.165, 1.54) is 4.57 Å². The molecule has 0 radical (unpaired) electrons. The molecule has 6 heteroatoms. The first-order valence-corrected chi connectivity index (χ1v) is 6.07. The molecule has 0 spiro atoms. The second-order valence-corrected chi connectivity index (χ2v) is 4.33. The summed E-state index contributed by atoms with van der Waals surface area (Å²) >= 11 is 4.15. The standard InChI is InChI=1S/C12H11N3O2S/c1-15-9-3-2-7(4-10(9)17-12(15)16)8-5-13-11(6-18)14-8/h2-5,18H,6H2,1H3,(H,13,14). The Balaban J connectivity index is 2.16. The number of thiol groups is 1. The normalized spacial score (nSPS) is 11.2. The number of fused-ring (bicyclic) bond motifs is 1. The van der Waals surface area contributed by atoms with Crippen LogP contribution in [0.1, 0.15) is 5.82 Å². The van der Waals surface area contributed by atoms with Crippen molar-refractivity contribution in [2.45, 2.75) is 5.75 Å². The zero-order chi connectivity index (χ0) is 12.7. The minimum atomic E-state index is -0.359. The maximum absolute atomic E-state index is 11.4. The Morgan fingerprint density at radius 2 is 2.33 bits per heavy atom. The van der Waals surface area contributed by atoms with E-state index in [4.69, 9.17) is 4.42 Å². The van der Waals surface area contributed by atoms with Gasteiger partial charge in [-0.1, -0.05) is 6.07 Å². The van der Waals surface area contributed by atoms with Crippen LogP contribution in [0.4, 0.5) is 0 Å². The highest BCUT2D eigenvalue weighted by molar-refractivity contribution is 7.79. The Hall–Kier alpha value is -1.95. The molecule has 0 saturated heterocycles. The van der Waals surface area contributed by atoms with E-state index in [0.717, 1.165) is 22.6 Å². The van der Waals surface area contributed by atoms with Gasteiger partial charge in [0.15, 0.2) is 5.58 Å². The average molecular weight is 261 g/mol. The topological polar surface area (TPSA) is 63.8 Å². The van der Waals surface area contributed by atoms with Gasteiger partial charge in [0.1, 0.15) is 5.82 Å². The number of hydrogen-bond donors (Lipinski definition) is 2. The van der Waals surface area contributed by atoms with Crippen molar-refractivity contribution in [1.82, 2.24) is 14.5 Å². The summed E-state index contributed by atoms with van der Waals surface area (Å²) in [5.74, 6) is 1.01. The molecule has 3 rings (SSSR count). The van der Waals surface area contributed by atoms with Gasteiger partial charge in [0.05, 0.1) is 17.4 Å². The Labute approximate surface area is 108 Å². The van der Waals surface area contributed by atoms with E-state index in [-0.39, 0.29) is 5.76 Å². The molecule has 18 heavy (non-hydrogen) atoms. The van der Waals surface area contributed by atoms with E-state index in [0.29, 0.717) is 11.3 Å². The lowest BCUT2D eigenvalue weighted by Crippen LogP contribution is -2.08. The molecule has 1 aromatic carbocycles. The maximum atomic E-state index is 11.4. The molecule has 1 N–H and O–H groups in total. The highest BCUT2D eigenvalue weighted by Crippen LogP contribution is 2.22. The smallest absolute Gasteiger partial charge is 0.408 e. The van der Waals surface area contributed by atoms with E-state index >= 15 is 0 Å². The van der Waals surface area contributed by atoms with Crippen molar-refractivity contribution in [3.05, 3.63) is 40.8 Å². The van der Waals surface area contributed by atoms with Crippen molar-refractivity contribution in [2.75, 3.05) is 0 Å². The largest absolute Gasteiger partial charge is 0.419 e. The van der Waals surface area contributed by atoms with Crippen molar-refractivity contribution < 1.29 is 4.42 Å². The van der Waals surface area contributed by atoms with Gasteiger partial charge in [-0.25, -0.2) is 9.78 Å². The van der Waals surface area contributed by atoms with Crippen molar-refractivity contribution in [3.8, 4) is 11.3 Å². The van der Waals surface area contributed by atoms with E-state index < -0.39 is 0 Å². The maximum Gasteiger partial charge on any atom is 0.419 e. The van der Waals surface area contributed by atoms with Gasteiger partial charge in [-0.05, 0) is 12.1 Å². The summed E-state index contributed by atoms with van der Waals surface area (Å²) in [6.45, 7) is 0. The first-order valence-electron chi connectivity index (χ1n) is 5.44. The van der Waals surface area contributed by atoms with Gasteiger partial charge >= 0.3 is 5.76 Å². The number of aromatic amines is 1. The molecular weight excluding hydrogens is 250 g/mol. The molecule has 0 aliphatic rings. The number of nitrogens with zero attached hydrogens (tertiary/aromatic N) is 2. The predicted molar refractivity (Wildman–Crippen MR) is 71.7 cm³/mol. The number of rotatable bonds is 2. The molecule has 2 aromatic heterocycles. The Morgan fingerprint density at radius 3 is 3.06 bits per heavy atom. The number of aromatic nitrogens is 3. The van der Waals surface area contributed by atoms with Crippen LogP contribution in [0.3, 0.4) is 0 Å². The van der Waals surface area contributed by atoms with Crippen LogP contribution in [0, 0.1) is 0 Å². The zero-order valence-corrected chi connectivity index (χ0v) is 10.6. The number of benzene rings is 1. The molecular formula is C12H11N3O2S. The fraction of sp³-hybridized carbons (Fsp3) is 0.167. The monoisotopic (exact) mass is 261 g/mol. The number of imidazole rings is 1. The third-order valence-corrected chi connectivity index (χ3v) is 3.18. The van der Waals surface area contributed by atoms with Crippen molar-refractivity contribution in [1.29, 1.82) is 0 Å². The van der Waals surface area contributed by atoms with E-state index in [1.807, 2.05) is 18.2 Å². The van der Waals surface area contributed by atoms with Gasteiger partial charge < -0.3 is 9.40 Å². The van der Waals surface area contributed by atoms with Crippen molar-refractivity contribution in [3.63, 3.8) is 0 Å². The van der Waals surface area contributed by atoms with Crippen LogP contribution in [0.15, 0.2) is 33.6 Å². The van der Waals surface area contributed by atoms with Crippen LogP contribution in [-0.2, 0) is 12.8 Å². The SMILES string of the molecule is Cn1c(=O)oc2cc(-c3cnc(CS)[nH]3)ccc21. The molecule has 0 amide bonds. The van der Waals surface area contributed by atoms with Crippen molar-refractivity contribution in [2.24, 2.45) is 7.05 Å². The third-order valence-electron chi connectivity index (χ3n) is 2.88. The number of hydrogen-bond acceptors (Lipinski definition) is 4. The fourth-order valence-electron chi connectivity index (χ4n) is 1.89. The number of aryl methyl sites for hydroxylation is 1. The second-order valence-electron chi connectivity index (χ2n) is 4.01. The van der Waals surface area contributed by atoms with Crippen molar-refractivity contribution >= 4 is 23.7 Å². The van der Waals surface area contributed by atoms with Crippen LogP contribution in [-0.4, -0.2) is 14.5 Å². The van der Waals surface area contributed by atoms with Crippen LogP contribution in [0.5, 0.6) is 0 Å². The molecule has 0 atom stereocenters. The predicted octanol–water partition coefficient (Wildman–Crippen LogP) is 1.95. The van der Waals surface area contributed by atoms with Gasteiger partial charge in [-0.2, -0.15) is 12.6 Å². The Bertz CT molecular complexity index is 769. The van der Waals surface area contributed by atoms with E-state index in [2.05, 4.69) is 22.6 Å². The summed E-state index contributed by atoms with van der Waals surface area (Å²) in [5.41, 5.74) is 3.16. The first-order chi connectivity index (χ1) is 8.69. The number of oxazole rings is 1. The molecule has 0 saturated carbocycles. The highest BCUT2D eigenvalue weighted by Gasteiger charge is 2.08. The molecule has 5 nitrogen and oxygen atoms in total.